The van der Waals surface area contributed by atoms with E-state index < -0.39 is 89.0 Å². The first-order valence-corrected chi connectivity index (χ1v) is 17.8. The van der Waals surface area contributed by atoms with Crippen LogP contribution in [-0.4, -0.2) is 96.0 Å². The number of carboxylic acids is 1. The Morgan fingerprint density at radius 2 is 1.46 bits per heavy atom. The summed E-state index contributed by atoms with van der Waals surface area (Å²) in [6, 6.07) is 12.5. The van der Waals surface area contributed by atoms with Crippen LogP contribution in [0.2, 0.25) is 0 Å². The van der Waals surface area contributed by atoms with E-state index in [4.69, 9.17) is 31.2 Å². The highest BCUT2D eigenvalue weighted by Crippen LogP contribution is 2.28. The van der Waals surface area contributed by atoms with Gasteiger partial charge in [-0.05, 0) is 41.4 Å². The van der Waals surface area contributed by atoms with Gasteiger partial charge in [0.2, 0.25) is 5.91 Å². The number of amides is 1. The number of benzene rings is 2. The minimum Gasteiger partial charge on any atom is -0.480 e. The summed E-state index contributed by atoms with van der Waals surface area (Å²) in [5, 5.41) is 17.9. The van der Waals surface area contributed by atoms with Crippen LogP contribution in [0, 0.1) is 5.92 Å². The Morgan fingerprint density at radius 1 is 0.885 bits per heavy atom. The van der Waals surface area contributed by atoms with E-state index in [2.05, 4.69) is 16.0 Å². The minimum absolute atomic E-state index is 0.157. The molecule has 0 unspecified atom stereocenters. The van der Waals surface area contributed by atoms with Crippen LogP contribution in [0.5, 0.6) is 0 Å². The minimum atomic E-state index is -4.43. The van der Waals surface area contributed by atoms with Gasteiger partial charge in [-0.3, -0.25) is 23.5 Å². The molecule has 3 rings (SSSR count). The molecular weight excluding hydrogens is 721 g/mol. The summed E-state index contributed by atoms with van der Waals surface area (Å²) < 4.78 is 50.5. The Balaban J connectivity index is 1.92. The van der Waals surface area contributed by atoms with Crippen molar-refractivity contribution in [3.8, 4) is 11.1 Å². The SMILES string of the molecule is CC(=O)N[C@@H]1[C@@H](OC(C)=O)[C@H](OC(C)=O)[C@@H](COC(C)=O)O[C@H]1NC(=S)N/C=C/N([C@@H](C(=O)O)C(C)C)S(=O)(=O)c1ccc(-c2ccccc2)cc1. The third-order valence-electron chi connectivity index (χ3n) is 7.52. The molecule has 1 aliphatic heterocycles. The number of carbonyl (C=O) groups is 5. The van der Waals surface area contributed by atoms with Crippen molar-refractivity contribution in [3.63, 3.8) is 0 Å². The van der Waals surface area contributed by atoms with Crippen molar-refractivity contribution in [1.29, 1.82) is 0 Å². The van der Waals surface area contributed by atoms with Gasteiger partial charge in [0.1, 0.15) is 24.8 Å². The molecule has 4 N–H and O–H groups in total. The van der Waals surface area contributed by atoms with Gasteiger partial charge >= 0.3 is 23.9 Å². The average Bonchev–Trinajstić information content (AvgIpc) is 3.05. The molecule has 16 nitrogen and oxygen atoms in total. The van der Waals surface area contributed by atoms with Crippen molar-refractivity contribution in [2.45, 2.75) is 83.1 Å². The first kappa shape index (κ1) is 41.4. The van der Waals surface area contributed by atoms with Gasteiger partial charge in [0, 0.05) is 40.1 Å². The predicted octanol–water partition coefficient (Wildman–Crippen LogP) is 2.04. The number of aliphatic carboxylic acids is 1. The maximum Gasteiger partial charge on any atom is 0.327 e. The molecule has 18 heteroatoms. The molecule has 52 heavy (non-hydrogen) atoms. The summed E-state index contributed by atoms with van der Waals surface area (Å²) in [6.07, 6.45) is -3.09. The maximum absolute atomic E-state index is 13.9. The van der Waals surface area contributed by atoms with Gasteiger partial charge in [-0.25, -0.2) is 13.2 Å². The van der Waals surface area contributed by atoms with Crippen LogP contribution < -0.4 is 16.0 Å². The molecule has 2 aromatic rings. The summed E-state index contributed by atoms with van der Waals surface area (Å²) in [4.78, 5) is 60.2. The number of nitrogens with zero attached hydrogens (tertiary/aromatic N) is 1. The highest BCUT2D eigenvalue weighted by molar-refractivity contribution is 7.89. The first-order valence-electron chi connectivity index (χ1n) is 16.0. The van der Waals surface area contributed by atoms with Crippen LogP contribution in [0.3, 0.4) is 0 Å². The number of carbonyl (C=O) groups excluding carboxylic acids is 4. The molecule has 1 fully saturated rings. The molecule has 0 bridgehead atoms. The van der Waals surface area contributed by atoms with Crippen molar-refractivity contribution in [2.75, 3.05) is 6.61 Å². The molecule has 2 aromatic carbocycles. The zero-order chi connectivity index (χ0) is 38.7. The summed E-state index contributed by atoms with van der Waals surface area (Å²) in [7, 11) is -4.43. The third-order valence-corrected chi connectivity index (χ3v) is 9.53. The van der Waals surface area contributed by atoms with Crippen molar-refractivity contribution >= 4 is 57.1 Å². The normalized spacial score (nSPS) is 20.6. The van der Waals surface area contributed by atoms with Crippen LogP contribution in [0.4, 0.5) is 0 Å². The van der Waals surface area contributed by atoms with Crippen LogP contribution in [-0.2, 0) is 52.9 Å². The number of hydrogen-bond acceptors (Lipinski definition) is 12. The number of sulfonamides is 1. The summed E-state index contributed by atoms with van der Waals surface area (Å²) in [6.45, 7) is 7.21. The highest BCUT2D eigenvalue weighted by Gasteiger charge is 2.51. The van der Waals surface area contributed by atoms with E-state index in [1.54, 1.807) is 26.0 Å². The average molecular weight is 763 g/mol. The Hall–Kier alpha value is -5.07. The van der Waals surface area contributed by atoms with Crippen molar-refractivity contribution in [1.82, 2.24) is 20.3 Å². The second kappa shape index (κ2) is 18.4. The number of rotatable bonds is 14. The van der Waals surface area contributed by atoms with Gasteiger partial charge in [-0.1, -0.05) is 56.3 Å². The zero-order valence-electron chi connectivity index (χ0n) is 29.3. The number of thiocarbonyl (C=S) groups is 1. The maximum atomic E-state index is 13.9. The molecule has 0 aromatic heterocycles. The van der Waals surface area contributed by atoms with E-state index in [1.807, 2.05) is 30.3 Å². The zero-order valence-corrected chi connectivity index (χ0v) is 30.9. The van der Waals surface area contributed by atoms with Crippen molar-refractivity contribution in [3.05, 3.63) is 67.0 Å². The summed E-state index contributed by atoms with van der Waals surface area (Å²) >= 11 is 5.41. The molecule has 1 heterocycles. The van der Waals surface area contributed by atoms with Crippen LogP contribution >= 0.6 is 12.2 Å². The lowest BCUT2D eigenvalue weighted by Gasteiger charge is -2.45. The number of carboxylic acid groups (broad SMARTS) is 1. The van der Waals surface area contributed by atoms with E-state index in [0.29, 0.717) is 4.31 Å². The summed E-state index contributed by atoms with van der Waals surface area (Å²) in [5.74, 6) is -4.89. The molecule has 1 saturated heterocycles. The predicted molar refractivity (Wildman–Crippen MR) is 189 cm³/mol. The molecule has 1 aliphatic rings. The van der Waals surface area contributed by atoms with Crippen molar-refractivity contribution in [2.24, 2.45) is 5.92 Å². The number of hydrogen-bond donors (Lipinski definition) is 4. The lowest BCUT2D eigenvalue weighted by Crippen LogP contribution is -2.70. The smallest absolute Gasteiger partial charge is 0.327 e. The third kappa shape index (κ3) is 11.2. The van der Waals surface area contributed by atoms with Gasteiger partial charge in [0.15, 0.2) is 23.5 Å². The molecule has 1 amide bonds. The Bertz CT molecular complexity index is 1750. The standard InChI is InChI=1S/C34H42N4O12S2/c1-19(2)29(33(43)44)38(52(45,46)26-14-12-25(13-15-26)24-10-8-7-9-11-24)17-16-35-34(51)37-32-28(36-20(3)39)31(49-23(6)42)30(48-22(5)41)27(50-32)18-47-21(4)40/h7-17,19,27-32H,18H2,1-6H3,(H,36,39)(H,43,44)(H2,35,37,51)/b17-16+/t27-,28-,29-,30-,31-,32-/m1/s1. The Morgan fingerprint density at radius 3 is 1.98 bits per heavy atom. The van der Waals surface area contributed by atoms with Gasteiger partial charge in [-0.2, -0.15) is 0 Å². The molecule has 282 valence electrons. The van der Waals surface area contributed by atoms with Crippen molar-refractivity contribution < 1.29 is 56.4 Å². The highest BCUT2D eigenvalue weighted by atomic mass is 32.2. The molecule has 0 saturated carbocycles. The van der Waals surface area contributed by atoms with E-state index in [0.717, 1.165) is 44.3 Å². The molecular formula is C34H42N4O12S2. The fraction of sp³-hybridized carbons (Fsp3) is 0.412. The van der Waals surface area contributed by atoms with Gasteiger partial charge in [0.25, 0.3) is 10.0 Å². The lowest BCUT2D eigenvalue weighted by molar-refractivity contribution is -0.225. The van der Waals surface area contributed by atoms with Crippen LogP contribution in [0.25, 0.3) is 11.1 Å². The first-order chi connectivity index (χ1) is 24.4. The Labute approximate surface area is 306 Å². The van der Waals surface area contributed by atoms with Gasteiger partial charge in [0.05, 0.1) is 4.90 Å². The largest absolute Gasteiger partial charge is 0.480 e. The number of ether oxygens (including phenoxy) is 4. The van der Waals surface area contributed by atoms with Gasteiger partial charge in [-0.15, -0.1) is 0 Å². The van der Waals surface area contributed by atoms with E-state index >= 15 is 0 Å². The lowest BCUT2D eigenvalue weighted by atomic mass is 9.95. The van der Waals surface area contributed by atoms with Gasteiger partial charge < -0.3 is 40.0 Å². The molecule has 0 spiro atoms. The topological polar surface area (TPSA) is 216 Å². The molecule has 6 atom stereocenters. The fourth-order valence-corrected chi connectivity index (χ4v) is 7.16. The quantitative estimate of drug-likeness (QED) is 0.123. The molecule has 0 aliphatic carbocycles. The fourth-order valence-electron chi connectivity index (χ4n) is 5.39. The van der Waals surface area contributed by atoms with E-state index in [1.165, 1.54) is 19.1 Å². The number of esters is 3. The number of nitrogens with one attached hydrogen (secondary N) is 3. The van der Waals surface area contributed by atoms with Crippen LogP contribution in [0.15, 0.2) is 71.9 Å². The Kier molecular flexibility index (Phi) is 14.7. The van der Waals surface area contributed by atoms with Crippen LogP contribution in [0.1, 0.15) is 41.5 Å². The van der Waals surface area contributed by atoms with E-state index in [9.17, 15) is 37.5 Å². The second-order valence-electron chi connectivity index (χ2n) is 12.0. The van der Waals surface area contributed by atoms with E-state index in [-0.39, 0.29) is 10.0 Å². The monoisotopic (exact) mass is 762 g/mol. The molecule has 0 radical (unpaired) electrons. The summed E-state index contributed by atoms with van der Waals surface area (Å²) in [5.41, 5.74) is 1.62. The second-order valence-corrected chi connectivity index (χ2v) is 14.2.